The second kappa shape index (κ2) is 13.9. The number of likely N-dealkylation sites (tertiary alicyclic amines) is 1. The van der Waals surface area contributed by atoms with E-state index in [4.69, 9.17) is 14.2 Å². The Morgan fingerprint density at radius 2 is 1.80 bits per heavy atom. The number of rotatable bonds is 10. The number of benzene rings is 2. The van der Waals surface area contributed by atoms with Crippen LogP contribution in [0.3, 0.4) is 0 Å². The van der Waals surface area contributed by atoms with Gasteiger partial charge in [0.25, 0.3) is 15.7 Å². The van der Waals surface area contributed by atoms with Crippen molar-refractivity contribution in [2.75, 3.05) is 38.7 Å². The topological polar surface area (TPSA) is 144 Å². The van der Waals surface area contributed by atoms with Gasteiger partial charge in [-0.25, -0.2) is 8.42 Å². The number of aliphatic hydroxyl groups excluding tert-OH is 1. The maximum Gasteiger partial charge on any atom is 0.501 e. The molecule has 2 aliphatic rings. The van der Waals surface area contributed by atoms with Crippen LogP contribution in [-0.4, -0.2) is 87.3 Å². The lowest BCUT2D eigenvalue weighted by Gasteiger charge is -2.41. The van der Waals surface area contributed by atoms with Crippen LogP contribution in [0.1, 0.15) is 45.0 Å². The number of carbonyl (C=O) groups excluding carboxylic acids is 2. The molecule has 2 unspecified atom stereocenters. The van der Waals surface area contributed by atoms with Crippen molar-refractivity contribution in [1.82, 2.24) is 10.2 Å². The summed E-state index contributed by atoms with van der Waals surface area (Å²) < 4.78 is 79.2. The van der Waals surface area contributed by atoms with Crippen LogP contribution >= 0.6 is 0 Å². The number of nitrogens with zero attached hydrogens (tertiary/aromatic N) is 1. The quantitative estimate of drug-likeness (QED) is 0.350. The van der Waals surface area contributed by atoms with Crippen LogP contribution < -0.4 is 15.4 Å². The summed E-state index contributed by atoms with van der Waals surface area (Å²) in [5.74, 6) is -0.213. The Bertz CT molecular complexity index is 1450. The zero-order chi connectivity index (χ0) is 33.0. The monoisotopic (exact) mass is 657 g/mol. The number of halogens is 3. The van der Waals surface area contributed by atoms with E-state index in [9.17, 15) is 36.3 Å². The fraction of sp³-hybridized carbons (Fsp3) is 0.533. The number of ether oxygens (including phenoxy) is 3. The fourth-order valence-electron chi connectivity index (χ4n) is 5.19. The van der Waals surface area contributed by atoms with Crippen molar-refractivity contribution in [3.63, 3.8) is 0 Å². The number of hydrogen-bond acceptors (Lipinski definition) is 9. The second-order valence-corrected chi connectivity index (χ2v) is 13.7. The number of methoxy groups -OCH3 is 1. The van der Waals surface area contributed by atoms with Crippen molar-refractivity contribution in [3.8, 4) is 5.75 Å². The molecule has 0 saturated carbocycles. The minimum atomic E-state index is -5.47. The molecular formula is C30H38F3N3O8S. The van der Waals surface area contributed by atoms with Gasteiger partial charge in [-0.2, -0.15) is 13.2 Å². The van der Waals surface area contributed by atoms with Gasteiger partial charge >= 0.3 is 5.51 Å². The molecule has 0 radical (unpaired) electrons. The predicted octanol–water partition coefficient (Wildman–Crippen LogP) is 3.40. The summed E-state index contributed by atoms with van der Waals surface area (Å²) in [6.45, 7) is 4.55. The van der Waals surface area contributed by atoms with Crippen molar-refractivity contribution < 1.29 is 50.5 Å². The highest BCUT2D eigenvalue weighted by molar-refractivity contribution is 7.92. The van der Waals surface area contributed by atoms with Crippen molar-refractivity contribution in [3.05, 3.63) is 54.1 Å². The van der Waals surface area contributed by atoms with E-state index in [0.717, 1.165) is 17.7 Å². The number of sulfone groups is 1. The van der Waals surface area contributed by atoms with Gasteiger partial charge in [0.05, 0.1) is 18.6 Å². The third kappa shape index (κ3) is 8.26. The van der Waals surface area contributed by atoms with Crippen molar-refractivity contribution >= 4 is 27.3 Å². The molecule has 2 aromatic carbocycles. The van der Waals surface area contributed by atoms with Crippen LogP contribution in [0.2, 0.25) is 0 Å². The van der Waals surface area contributed by atoms with Crippen molar-refractivity contribution in [2.45, 2.75) is 68.1 Å². The SMILES string of the molecule is COc1ccc(C2OCC(C)(C)[C@H](C(=O)NCCC(O)C(=O)N3CCC(Nc4cccc(S(=O)(=O)C(F)(F)F)c4)CC3)O2)cc1. The summed E-state index contributed by atoms with van der Waals surface area (Å²) >= 11 is 0. The van der Waals surface area contributed by atoms with E-state index in [1.165, 1.54) is 17.0 Å². The third-order valence-electron chi connectivity index (χ3n) is 7.83. The van der Waals surface area contributed by atoms with Crippen LogP contribution in [0.15, 0.2) is 53.4 Å². The summed E-state index contributed by atoms with van der Waals surface area (Å²) in [5.41, 5.74) is -5.09. The number of piperidine rings is 1. The van der Waals surface area contributed by atoms with Gasteiger partial charge in [0.2, 0.25) is 5.91 Å². The van der Waals surface area contributed by atoms with Gasteiger partial charge in [0, 0.05) is 42.3 Å². The average Bonchev–Trinajstić information content (AvgIpc) is 3.00. The summed E-state index contributed by atoms with van der Waals surface area (Å²) in [5, 5.41) is 16.3. The van der Waals surface area contributed by atoms with E-state index in [2.05, 4.69) is 10.6 Å². The number of carbonyl (C=O) groups is 2. The molecule has 0 aromatic heterocycles. The number of amides is 2. The predicted molar refractivity (Wildman–Crippen MR) is 157 cm³/mol. The lowest BCUT2D eigenvalue weighted by molar-refractivity contribution is -0.258. The molecule has 3 N–H and O–H groups in total. The highest BCUT2D eigenvalue weighted by atomic mass is 32.2. The largest absolute Gasteiger partial charge is 0.501 e. The molecule has 2 aromatic rings. The van der Waals surface area contributed by atoms with Gasteiger partial charge < -0.3 is 34.9 Å². The van der Waals surface area contributed by atoms with E-state index >= 15 is 0 Å². The Morgan fingerprint density at radius 1 is 1.13 bits per heavy atom. The lowest BCUT2D eigenvalue weighted by atomic mass is 9.85. The Hall–Kier alpha value is -3.40. The molecule has 0 aliphatic carbocycles. The van der Waals surface area contributed by atoms with Gasteiger partial charge in [0.15, 0.2) is 6.29 Å². The molecule has 2 fully saturated rings. The Labute approximate surface area is 259 Å². The maximum absolute atomic E-state index is 13.1. The highest BCUT2D eigenvalue weighted by Crippen LogP contribution is 2.37. The summed E-state index contributed by atoms with van der Waals surface area (Å²) in [7, 11) is -3.91. The maximum atomic E-state index is 13.1. The molecule has 2 aliphatic heterocycles. The molecule has 45 heavy (non-hydrogen) atoms. The first-order valence-electron chi connectivity index (χ1n) is 14.5. The Balaban J connectivity index is 1.23. The minimum Gasteiger partial charge on any atom is -0.497 e. The first kappa shape index (κ1) is 34.5. The normalized spacial score (nSPS) is 21.5. The molecule has 0 spiro atoms. The number of aliphatic hydroxyl groups is 1. The number of anilines is 1. The Morgan fingerprint density at radius 3 is 2.42 bits per heavy atom. The van der Waals surface area contributed by atoms with Gasteiger partial charge in [-0.15, -0.1) is 0 Å². The second-order valence-electron chi connectivity index (χ2n) is 11.7. The van der Waals surface area contributed by atoms with E-state index < -0.39 is 50.1 Å². The highest BCUT2D eigenvalue weighted by Gasteiger charge is 2.47. The van der Waals surface area contributed by atoms with E-state index in [-0.39, 0.29) is 50.3 Å². The fourth-order valence-corrected chi connectivity index (χ4v) is 6.00. The summed E-state index contributed by atoms with van der Waals surface area (Å²) in [6, 6.07) is 11.4. The average molecular weight is 658 g/mol. The first-order valence-corrected chi connectivity index (χ1v) is 15.9. The van der Waals surface area contributed by atoms with Gasteiger partial charge in [0.1, 0.15) is 18.0 Å². The summed E-state index contributed by atoms with van der Waals surface area (Å²) in [6.07, 6.45) is -2.11. The number of nitrogens with one attached hydrogen (secondary N) is 2. The summed E-state index contributed by atoms with van der Waals surface area (Å²) in [4.78, 5) is 26.6. The van der Waals surface area contributed by atoms with Crippen molar-refractivity contribution in [1.29, 1.82) is 0 Å². The molecule has 2 amide bonds. The molecule has 0 bridgehead atoms. The zero-order valence-electron chi connectivity index (χ0n) is 25.2. The molecule has 11 nitrogen and oxygen atoms in total. The first-order chi connectivity index (χ1) is 21.1. The van der Waals surface area contributed by atoms with Crippen LogP contribution in [-0.2, 0) is 28.9 Å². The molecule has 3 atom stereocenters. The zero-order valence-corrected chi connectivity index (χ0v) is 26.0. The molecule has 2 saturated heterocycles. The number of hydrogen-bond donors (Lipinski definition) is 3. The molecule has 2 heterocycles. The third-order valence-corrected chi connectivity index (χ3v) is 9.31. The lowest BCUT2D eigenvalue weighted by Crippen LogP contribution is -2.52. The molecular weight excluding hydrogens is 619 g/mol. The molecule has 15 heteroatoms. The van der Waals surface area contributed by atoms with E-state index in [1.54, 1.807) is 31.4 Å². The van der Waals surface area contributed by atoms with Crippen LogP contribution in [0, 0.1) is 5.41 Å². The van der Waals surface area contributed by atoms with Gasteiger partial charge in [-0.3, -0.25) is 9.59 Å². The van der Waals surface area contributed by atoms with Crippen LogP contribution in [0.4, 0.5) is 18.9 Å². The molecule has 248 valence electrons. The van der Waals surface area contributed by atoms with E-state index in [0.29, 0.717) is 18.6 Å². The number of alkyl halides is 3. The van der Waals surface area contributed by atoms with E-state index in [1.807, 2.05) is 13.8 Å². The smallest absolute Gasteiger partial charge is 0.497 e. The van der Waals surface area contributed by atoms with Crippen LogP contribution in [0.25, 0.3) is 0 Å². The standard InChI is InChI=1S/C30H38F3N3O8S/c1-29(2)18-43-28(19-7-9-22(42-3)10-8-19)44-25(29)26(38)34-14-11-24(37)27(39)36-15-12-20(13-16-36)35-21-5-4-6-23(17-21)45(40,41)30(31,32)33/h4-10,17,20,24-25,28,35,37H,11-16,18H2,1-3H3,(H,34,38)/t24?,25-,28?/m0/s1. The molecule has 4 rings (SSSR count). The van der Waals surface area contributed by atoms with Crippen molar-refractivity contribution in [2.24, 2.45) is 5.41 Å². The van der Waals surface area contributed by atoms with Gasteiger partial charge in [-0.1, -0.05) is 32.0 Å². The van der Waals surface area contributed by atoms with Crippen LogP contribution in [0.5, 0.6) is 5.75 Å². The van der Waals surface area contributed by atoms with Gasteiger partial charge in [-0.05, 0) is 49.6 Å². The minimum absolute atomic E-state index is 0.0191. The Kier molecular flexibility index (Phi) is 10.7.